The van der Waals surface area contributed by atoms with E-state index >= 15 is 0 Å². The predicted octanol–water partition coefficient (Wildman–Crippen LogP) is 5.28. The van der Waals surface area contributed by atoms with E-state index in [0.717, 1.165) is 36.2 Å². The molecule has 0 saturated heterocycles. The van der Waals surface area contributed by atoms with Gasteiger partial charge < -0.3 is 9.88 Å². The monoisotopic (exact) mass is 501 g/mol. The van der Waals surface area contributed by atoms with Crippen LogP contribution in [0.2, 0.25) is 10.0 Å². The SMILES string of the molecule is Cc1c(CNCCc2ccc(S(N)(=O)=O)cc2)c2ccccc2n1Cc1ccc(Cl)cc1Cl. The minimum absolute atomic E-state index is 0.128. The predicted molar refractivity (Wildman–Crippen MR) is 135 cm³/mol. The molecule has 0 aliphatic heterocycles. The number of hydrogen-bond donors (Lipinski definition) is 2. The highest BCUT2D eigenvalue weighted by atomic mass is 35.5. The molecular formula is C25H25Cl2N3O2S. The number of primary sulfonamides is 1. The van der Waals surface area contributed by atoms with E-state index < -0.39 is 10.0 Å². The molecule has 3 N–H and O–H groups in total. The fourth-order valence-corrected chi connectivity index (χ4v) is 5.03. The second kappa shape index (κ2) is 9.87. The van der Waals surface area contributed by atoms with Gasteiger partial charge in [0.05, 0.1) is 4.90 Å². The number of nitrogens with zero attached hydrogens (tertiary/aromatic N) is 1. The van der Waals surface area contributed by atoms with Crippen LogP contribution in [0, 0.1) is 6.92 Å². The van der Waals surface area contributed by atoms with Gasteiger partial charge in [-0.1, -0.05) is 59.6 Å². The standard InChI is InChI=1S/C25H25Cl2N3O2S/c1-17-23(15-29-13-12-18-6-10-21(11-7-18)33(28,31)32)22-4-2-3-5-25(22)30(17)16-19-8-9-20(26)14-24(19)27/h2-11,14,29H,12-13,15-16H2,1H3,(H2,28,31,32). The number of nitrogens with one attached hydrogen (secondary N) is 1. The van der Waals surface area contributed by atoms with Gasteiger partial charge in [-0.15, -0.1) is 0 Å². The van der Waals surface area contributed by atoms with E-state index in [1.54, 1.807) is 30.3 Å². The molecule has 0 radical (unpaired) electrons. The molecule has 1 heterocycles. The lowest BCUT2D eigenvalue weighted by atomic mass is 10.1. The van der Waals surface area contributed by atoms with Crippen LogP contribution in [0.3, 0.4) is 0 Å². The van der Waals surface area contributed by atoms with Crippen LogP contribution in [0.1, 0.15) is 22.4 Å². The lowest BCUT2D eigenvalue weighted by molar-refractivity contribution is 0.597. The molecule has 0 saturated carbocycles. The van der Waals surface area contributed by atoms with Gasteiger partial charge >= 0.3 is 0 Å². The third-order valence-electron chi connectivity index (χ3n) is 5.85. The van der Waals surface area contributed by atoms with Crippen molar-refractivity contribution in [1.29, 1.82) is 0 Å². The van der Waals surface area contributed by atoms with E-state index in [-0.39, 0.29) is 4.90 Å². The number of aromatic nitrogens is 1. The number of benzene rings is 3. The van der Waals surface area contributed by atoms with E-state index in [4.69, 9.17) is 28.3 Å². The molecule has 0 aliphatic carbocycles. The lowest BCUT2D eigenvalue weighted by Crippen LogP contribution is -2.17. The van der Waals surface area contributed by atoms with E-state index in [1.807, 2.05) is 18.2 Å². The van der Waals surface area contributed by atoms with Crippen molar-refractivity contribution in [1.82, 2.24) is 9.88 Å². The Morgan fingerprint density at radius 2 is 1.73 bits per heavy atom. The van der Waals surface area contributed by atoms with Gasteiger partial charge in [-0.2, -0.15) is 0 Å². The second-order valence-electron chi connectivity index (χ2n) is 8.02. The zero-order valence-corrected chi connectivity index (χ0v) is 20.5. The molecule has 0 fully saturated rings. The highest BCUT2D eigenvalue weighted by molar-refractivity contribution is 7.89. The van der Waals surface area contributed by atoms with Gasteiger partial charge in [-0.3, -0.25) is 0 Å². The summed E-state index contributed by atoms with van der Waals surface area (Å²) in [5.41, 5.74) is 5.67. The van der Waals surface area contributed by atoms with Gasteiger partial charge in [0.15, 0.2) is 0 Å². The van der Waals surface area contributed by atoms with Crippen LogP contribution in [0.25, 0.3) is 10.9 Å². The van der Waals surface area contributed by atoms with Crippen LogP contribution in [0.4, 0.5) is 0 Å². The number of fused-ring (bicyclic) bond motifs is 1. The Balaban J connectivity index is 1.48. The number of rotatable bonds is 8. The zero-order valence-electron chi connectivity index (χ0n) is 18.2. The largest absolute Gasteiger partial charge is 0.340 e. The molecule has 5 nitrogen and oxygen atoms in total. The molecule has 0 unspecified atom stereocenters. The first-order valence-corrected chi connectivity index (χ1v) is 12.9. The summed E-state index contributed by atoms with van der Waals surface area (Å²) in [4.78, 5) is 0.128. The van der Waals surface area contributed by atoms with Crippen molar-refractivity contribution in [3.05, 3.63) is 99.2 Å². The average molecular weight is 502 g/mol. The highest BCUT2D eigenvalue weighted by Gasteiger charge is 2.15. The maximum absolute atomic E-state index is 11.4. The van der Waals surface area contributed by atoms with Crippen LogP contribution < -0.4 is 10.5 Å². The fourth-order valence-electron chi connectivity index (χ4n) is 4.04. The third-order valence-corrected chi connectivity index (χ3v) is 7.37. The van der Waals surface area contributed by atoms with E-state index in [9.17, 15) is 8.42 Å². The molecule has 172 valence electrons. The van der Waals surface area contributed by atoms with Crippen molar-refractivity contribution in [2.75, 3.05) is 6.54 Å². The van der Waals surface area contributed by atoms with Crippen molar-refractivity contribution in [2.24, 2.45) is 5.14 Å². The van der Waals surface area contributed by atoms with E-state index in [2.05, 4.69) is 35.0 Å². The van der Waals surface area contributed by atoms with Crippen LogP contribution in [0.15, 0.2) is 71.6 Å². The molecular weight excluding hydrogens is 477 g/mol. The lowest BCUT2D eigenvalue weighted by Gasteiger charge is -2.11. The van der Waals surface area contributed by atoms with Gasteiger partial charge in [0, 0.05) is 39.7 Å². The van der Waals surface area contributed by atoms with E-state index in [1.165, 1.54) is 16.6 Å². The molecule has 8 heteroatoms. The van der Waals surface area contributed by atoms with Crippen LogP contribution in [0.5, 0.6) is 0 Å². The summed E-state index contributed by atoms with van der Waals surface area (Å²) in [6.45, 7) is 4.28. The Bertz CT molecular complexity index is 1400. The van der Waals surface area contributed by atoms with Gasteiger partial charge in [0.25, 0.3) is 0 Å². The first-order valence-electron chi connectivity index (χ1n) is 10.6. The Morgan fingerprint density at radius 3 is 2.42 bits per heavy atom. The maximum Gasteiger partial charge on any atom is 0.238 e. The Labute approximate surface area is 204 Å². The van der Waals surface area contributed by atoms with Gasteiger partial charge in [-0.05, 0) is 66.9 Å². The number of halogens is 2. The van der Waals surface area contributed by atoms with Gasteiger partial charge in [-0.25, -0.2) is 13.6 Å². The molecule has 1 aromatic heterocycles. The first-order chi connectivity index (χ1) is 15.7. The third kappa shape index (κ3) is 5.42. The molecule has 0 aliphatic rings. The molecule has 0 amide bonds. The van der Waals surface area contributed by atoms with Crippen molar-refractivity contribution < 1.29 is 8.42 Å². The summed E-state index contributed by atoms with van der Waals surface area (Å²) in [6, 6.07) is 20.7. The molecule has 0 bridgehead atoms. The van der Waals surface area contributed by atoms with Crippen LogP contribution in [-0.2, 0) is 29.5 Å². The molecule has 3 aromatic carbocycles. The molecule has 0 atom stereocenters. The first kappa shape index (κ1) is 23.8. The summed E-state index contributed by atoms with van der Waals surface area (Å²) in [5.74, 6) is 0. The van der Waals surface area contributed by atoms with Crippen molar-refractivity contribution in [3.8, 4) is 0 Å². The Hall–Kier alpha value is -2.35. The Kier molecular flexibility index (Phi) is 7.12. The second-order valence-corrected chi connectivity index (χ2v) is 10.4. The number of sulfonamides is 1. The summed E-state index contributed by atoms with van der Waals surface area (Å²) >= 11 is 12.5. The topological polar surface area (TPSA) is 77.1 Å². The van der Waals surface area contributed by atoms with Gasteiger partial charge in [0.2, 0.25) is 10.0 Å². The van der Waals surface area contributed by atoms with Crippen LogP contribution >= 0.6 is 23.2 Å². The summed E-state index contributed by atoms with van der Waals surface area (Å²) in [6.07, 6.45) is 0.781. The molecule has 33 heavy (non-hydrogen) atoms. The maximum atomic E-state index is 11.4. The Morgan fingerprint density at radius 1 is 1.00 bits per heavy atom. The number of nitrogens with two attached hydrogens (primary N) is 1. The molecule has 4 aromatic rings. The summed E-state index contributed by atoms with van der Waals surface area (Å²) < 4.78 is 25.1. The van der Waals surface area contributed by atoms with E-state index in [0.29, 0.717) is 16.6 Å². The normalized spacial score (nSPS) is 11.9. The molecule has 0 spiro atoms. The van der Waals surface area contributed by atoms with Gasteiger partial charge in [0.1, 0.15) is 0 Å². The van der Waals surface area contributed by atoms with Crippen LogP contribution in [-0.4, -0.2) is 19.5 Å². The zero-order chi connectivity index (χ0) is 23.6. The highest BCUT2D eigenvalue weighted by Crippen LogP contribution is 2.29. The number of para-hydroxylation sites is 1. The fraction of sp³-hybridized carbons (Fsp3) is 0.200. The minimum atomic E-state index is -3.66. The van der Waals surface area contributed by atoms with Crippen molar-refractivity contribution >= 4 is 44.1 Å². The smallest absolute Gasteiger partial charge is 0.238 e. The van der Waals surface area contributed by atoms with Crippen molar-refractivity contribution in [3.63, 3.8) is 0 Å². The summed E-state index contributed by atoms with van der Waals surface area (Å²) in [5, 5.41) is 11.2. The number of hydrogen-bond acceptors (Lipinski definition) is 3. The minimum Gasteiger partial charge on any atom is -0.340 e. The van der Waals surface area contributed by atoms with Crippen molar-refractivity contribution in [2.45, 2.75) is 31.3 Å². The molecule has 4 rings (SSSR count). The summed E-state index contributed by atoms with van der Waals surface area (Å²) in [7, 11) is -3.66. The quantitative estimate of drug-likeness (QED) is 0.322. The average Bonchev–Trinajstić information content (AvgIpc) is 3.04.